The Morgan fingerprint density at radius 2 is 1.77 bits per heavy atom. The molecule has 4 aromatic rings. The number of halogens is 2. The molecule has 0 radical (unpaired) electrons. The van der Waals surface area contributed by atoms with E-state index in [1.165, 1.54) is 30.1 Å². The maximum absolute atomic E-state index is 13.1. The number of aromatic nitrogens is 1. The van der Waals surface area contributed by atoms with Gasteiger partial charge in [0.15, 0.2) is 0 Å². The van der Waals surface area contributed by atoms with Gasteiger partial charge in [0, 0.05) is 48.5 Å². The Kier molecular flexibility index (Phi) is 10.3. The van der Waals surface area contributed by atoms with Gasteiger partial charge in [-0.2, -0.15) is 8.78 Å². The summed E-state index contributed by atoms with van der Waals surface area (Å²) in [4.78, 5) is 41.7. The lowest BCUT2D eigenvalue weighted by Gasteiger charge is -2.21. The van der Waals surface area contributed by atoms with Crippen LogP contribution in [0.1, 0.15) is 36.8 Å². The number of anilines is 2. The predicted molar refractivity (Wildman–Crippen MR) is 162 cm³/mol. The first kappa shape index (κ1) is 31.0. The summed E-state index contributed by atoms with van der Waals surface area (Å²) in [6.07, 6.45) is 2.36. The Labute approximate surface area is 247 Å². The van der Waals surface area contributed by atoms with Gasteiger partial charge in [-0.1, -0.05) is 31.2 Å². The molecule has 3 aromatic carbocycles. The molecule has 3 N–H and O–H groups in total. The monoisotopic (exact) mass is 592 g/mol. The minimum Gasteiger partial charge on any atom is -0.496 e. The van der Waals surface area contributed by atoms with Crippen molar-refractivity contribution in [2.24, 2.45) is 0 Å². The molecule has 0 aliphatic carbocycles. The Hall–Kier alpha value is -4.93. The smallest absolute Gasteiger partial charge is 0.387 e. The number of aromatic amines is 1. The number of ether oxygens (including phenoxy) is 2. The molecular weight excluding hydrogens is 558 g/mol. The van der Waals surface area contributed by atoms with Gasteiger partial charge < -0.3 is 30.0 Å². The minimum absolute atomic E-state index is 0.0471. The average molecular weight is 593 g/mol. The third kappa shape index (κ3) is 8.31. The second kappa shape index (κ2) is 14.3. The van der Waals surface area contributed by atoms with Gasteiger partial charge in [-0.15, -0.1) is 0 Å². The van der Waals surface area contributed by atoms with E-state index >= 15 is 0 Å². The van der Waals surface area contributed by atoms with Crippen LogP contribution in [0, 0.1) is 0 Å². The number of nitrogens with zero attached hydrogens (tertiary/aromatic N) is 1. The number of nitrogens with one attached hydrogen (secondary N) is 3. The van der Waals surface area contributed by atoms with Crippen LogP contribution in [0.2, 0.25) is 0 Å². The van der Waals surface area contributed by atoms with E-state index in [1.807, 2.05) is 31.2 Å². The van der Waals surface area contributed by atoms with E-state index in [0.29, 0.717) is 28.7 Å². The van der Waals surface area contributed by atoms with Crippen molar-refractivity contribution in [2.75, 3.05) is 31.3 Å². The van der Waals surface area contributed by atoms with E-state index in [-0.39, 0.29) is 48.6 Å². The molecule has 11 heteroatoms. The highest BCUT2D eigenvalue weighted by atomic mass is 19.3. The Morgan fingerprint density at radius 3 is 2.53 bits per heavy atom. The zero-order valence-corrected chi connectivity index (χ0v) is 24.2. The van der Waals surface area contributed by atoms with Gasteiger partial charge in [0.2, 0.25) is 11.8 Å². The summed E-state index contributed by atoms with van der Waals surface area (Å²) in [6.45, 7) is -1.19. The van der Waals surface area contributed by atoms with E-state index in [4.69, 9.17) is 4.74 Å². The molecule has 0 fully saturated rings. The number of carbonyl (C=O) groups is 2. The Balaban J connectivity index is 1.38. The van der Waals surface area contributed by atoms with Gasteiger partial charge in [-0.3, -0.25) is 14.4 Å². The lowest BCUT2D eigenvalue weighted by molar-refractivity contribution is -0.128. The Morgan fingerprint density at radius 1 is 1.00 bits per heavy atom. The highest BCUT2D eigenvalue weighted by molar-refractivity contribution is 5.91. The largest absolute Gasteiger partial charge is 0.496 e. The maximum Gasteiger partial charge on any atom is 0.387 e. The predicted octanol–water partition coefficient (Wildman–Crippen LogP) is 5.73. The molecule has 2 amide bonds. The van der Waals surface area contributed by atoms with Crippen molar-refractivity contribution in [3.63, 3.8) is 0 Å². The van der Waals surface area contributed by atoms with Gasteiger partial charge in [-0.05, 0) is 65.8 Å². The molecule has 1 heterocycles. The van der Waals surface area contributed by atoms with Crippen LogP contribution in [0.15, 0.2) is 77.7 Å². The number of methoxy groups -OCH3 is 1. The van der Waals surface area contributed by atoms with E-state index in [0.717, 1.165) is 16.7 Å². The summed E-state index contributed by atoms with van der Waals surface area (Å²) in [5.41, 5.74) is 2.04. The molecule has 226 valence electrons. The third-order valence-electron chi connectivity index (χ3n) is 7.09. The number of benzene rings is 3. The fourth-order valence-corrected chi connectivity index (χ4v) is 4.74. The maximum atomic E-state index is 13.1. The number of rotatable bonds is 13. The second-order valence-electron chi connectivity index (χ2n) is 10.1. The molecule has 0 aliphatic rings. The summed E-state index contributed by atoms with van der Waals surface area (Å²) in [7, 11) is 3.14. The van der Waals surface area contributed by atoms with E-state index in [2.05, 4.69) is 20.4 Å². The molecule has 0 aliphatic heterocycles. The van der Waals surface area contributed by atoms with E-state index < -0.39 is 6.61 Å². The van der Waals surface area contributed by atoms with Crippen LogP contribution >= 0.6 is 0 Å². The van der Waals surface area contributed by atoms with Gasteiger partial charge in [0.1, 0.15) is 11.5 Å². The Bertz CT molecular complexity index is 1640. The molecule has 0 saturated carbocycles. The number of para-hydroxylation sites is 1. The molecule has 0 saturated heterocycles. The van der Waals surface area contributed by atoms with Crippen molar-refractivity contribution in [1.29, 1.82) is 0 Å². The van der Waals surface area contributed by atoms with Crippen molar-refractivity contribution in [1.82, 2.24) is 9.88 Å². The molecule has 1 aromatic heterocycles. The van der Waals surface area contributed by atoms with Gasteiger partial charge in [0.25, 0.3) is 5.56 Å². The summed E-state index contributed by atoms with van der Waals surface area (Å²) in [6, 6.07) is 18.9. The summed E-state index contributed by atoms with van der Waals surface area (Å²) in [5.74, 6) is 0.168. The van der Waals surface area contributed by atoms with Gasteiger partial charge >= 0.3 is 6.61 Å². The number of alkyl halides is 2. The van der Waals surface area contributed by atoms with Crippen LogP contribution in [0.25, 0.3) is 10.8 Å². The quantitative estimate of drug-likeness (QED) is 0.183. The number of carbonyl (C=O) groups excluding carboxylic acids is 2. The number of likely N-dealkylation sites (N-methyl/N-ethyl adjacent to an activating group) is 1. The molecule has 4 rings (SSSR count). The van der Waals surface area contributed by atoms with E-state index in [1.54, 1.807) is 37.6 Å². The lowest BCUT2D eigenvalue weighted by Crippen LogP contribution is -2.32. The first-order chi connectivity index (χ1) is 20.6. The molecule has 0 bridgehead atoms. The normalized spacial score (nSPS) is 11.7. The van der Waals surface area contributed by atoms with Crippen molar-refractivity contribution in [3.05, 3.63) is 94.4 Å². The number of hydrogen-bond acceptors (Lipinski definition) is 6. The molecule has 9 nitrogen and oxygen atoms in total. The van der Waals surface area contributed by atoms with Gasteiger partial charge in [-0.25, -0.2) is 0 Å². The topological polar surface area (TPSA) is 113 Å². The third-order valence-corrected chi connectivity index (χ3v) is 7.09. The van der Waals surface area contributed by atoms with Crippen LogP contribution in [-0.2, 0) is 16.1 Å². The van der Waals surface area contributed by atoms with Crippen LogP contribution in [0.4, 0.5) is 20.2 Å². The number of H-pyrrole nitrogens is 1. The van der Waals surface area contributed by atoms with Gasteiger partial charge in [0.05, 0.1) is 13.7 Å². The second-order valence-corrected chi connectivity index (χ2v) is 10.1. The minimum atomic E-state index is -3.06. The first-order valence-electron chi connectivity index (χ1n) is 13.7. The first-order valence-corrected chi connectivity index (χ1v) is 13.7. The average Bonchev–Trinajstić information content (AvgIpc) is 3.00. The highest BCUT2D eigenvalue weighted by Crippen LogP contribution is 2.30. The summed E-state index contributed by atoms with van der Waals surface area (Å²) in [5, 5.41) is 7.05. The zero-order chi connectivity index (χ0) is 30.9. The van der Waals surface area contributed by atoms with Crippen molar-refractivity contribution in [3.8, 4) is 11.5 Å². The zero-order valence-electron chi connectivity index (χ0n) is 24.2. The lowest BCUT2D eigenvalue weighted by atomic mass is 9.95. The fraction of sp³-hybridized carbons (Fsp3) is 0.281. The molecule has 0 unspecified atom stereocenters. The number of hydrogen-bond donors (Lipinski definition) is 3. The van der Waals surface area contributed by atoms with Crippen molar-refractivity contribution >= 4 is 34.0 Å². The number of amides is 2. The van der Waals surface area contributed by atoms with Crippen LogP contribution in [0.5, 0.6) is 11.5 Å². The standard InChI is InChI=1S/C32H34F2N4O5/c1-20(25-6-4-5-7-28(25)42-3)8-13-29(39)37-24-11-12-27(43-32(33)34)22(16-24)19-38(2)30(40)18-36-23-10-9-21-14-15-35-31(41)26(21)17-23/h4-7,9-12,14-17,20,32,36H,8,13,18-19H2,1-3H3,(H,35,41)(H,37,39)/t20-/m0/s1. The molecule has 43 heavy (non-hydrogen) atoms. The molecule has 1 atom stereocenters. The number of pyridine rings is 1. The molecular formula is C32H34F2N4O5. The molecule has 0 spiro atoms. The summed E-state index contributed by atoms with van der Waals surface area (Å²) >= 11 is 0. The van der Waals surface area contributed by atoms with Crippen LogP contribution < -0.4 is 25.7 Å². The highest BCUT2D eigenvalue weighted by Gasteiger charge is 2.17. The number of fused-ring (bicyclic) bond motifs is 1. The fourth-order valence-electron chi connectivity index (χ4n) is 4.74. The van der Waals surface area contributed by atoms with Crippen molar-refractivity contribution in [2.45, 2.75) is 38.8 Å². The summed E-state index contributed by atoms with van der Waals surface area (Å²) < 4.78 is 36.3. The van der Waals surface area contributed by atoms with Crippen molar-refractivity contribution < 1.29 is 27.8 Å². The van der Waals surface area contributed by atoms with E-state index in [9.17, 15) is 23.2 Å². The van der Waals surface area contributed by atoms with Crippen LogP contribution in [-0.4, -0.2) is 49.0 Å². The van der Waals surface area contributed by atoms with Crippen LogP contribution in [0.3, 0.4) is 0 Å². The SMILES string of the molecule is COc1ccccc1[C@@H](C)CCC(=O)Nc1ccc(OC(F)F)c(CN(C)C(=O)CNc2ccc3cc[nH]c(=O)c3c2)c1.